The monoisotopic (exact) mass is 287 g/mol. The molecule has 21 heavy (non-hydrogen) atoms. The molecule has 0 saturated carbocycles. The summed E-state index contributed by atoms with van der Waals surface area (Å²) in [6.07, 6.45) is 2.89. The largest absolute Gasteiger partial charge is 0.497 e. The Morgan fingerprint density at radius 1 is 1.14 bits per heavy atom. The van der Waals surface area contributed by atoms with Crippen molar-refractivity contribution in [3.63, 3.8) is 0 Å². The van der Waals surface area contributed by atoms with Crippen molar-refractivity contribution in [3.05, 3.63) is 47.9 Å². The van der Waals surface area contributed by atoms with E-state index in [0.29, 0.717) is 5.82 Å². The van der Waals surface area contributed by atoms with Gasteiger partial charge in [-0.1, -0.05) is 12.1 Å². The van der Waals surface area contributed by atoms with Gasteiger partial charge >= 0.3 is 5.97 Å². The first-order valence-corrected chi connectivity index (χ1v) is 6.45. The Kier molecular flexibility index (Phi) is 4.71. The number of esters is 1. The van der Waals surface area contributed by atoms with E-state index in [4.69, 9.17) is 4.74 Å². The molecular weight excluding hydrogens is 270 g/mol. The van der Waals surface area contributed by atoms with Gasteiger partial charge in [0, 0.05) is 6.04 Å². The number of carbonyl (C=O) groups is 1. The molecule has 2 rings (SSSR count). The van der Waals surface area contributed by atoms with Crippen molar-refractivity contribution in [1.82, 2.24) is 9.97 Å². The number of methoxy groups -OCH3 is 2. The Morgan fingerprint density at radius 3 is 2.38 bits per heavy atom. The van der Waals surface area contributed by atoms with Crippen LogP contribution in [0.2, 0.25) is 0 Å². The van der Waals surface area contributed by atoms with E-state index in [1.54, 1.807) is 7.11 Å². The van der Waals surface area contributed by atoms with Crippen LogP contribution in [0, 0.1) is 0 Å². The lowest BCUT2D eigenvalue weighted by Crippen LogP contribution is -2.10. The third kappa shape index (κ3) is 3.68. The van der Waals surface area contributed by atoms with Crippen LogP contribution in [0.25, 0.3) is 0 Å². The second kappa shape index (κ2) is 6.69. The summed E-state index contributed by atoms with van der Waals surface area (Å²) in [6, 6.07) is 7.81. The van der Waals surface area contributed by atoms with Crippen LogP contribution in [-0.4, -0.2) is 30.2 Å². The summed E-state index contributed by atoms with van der Waals surface area (Å²) in [4.78, 5) is 19.4. The van der Waals surface area contributed by atoms with Crippen LogP contribution in [0.5, 0.6) is 5.75 Å². The van der Waals surface area contributed by atoms with Crippen LogP contribution in [0.3, 0.4) is 0 Å². The Bertz CT molecular complexity index is 597. The molecule has 110 valence electrons. The standard InChI is InChI=1S/C15H17N3O3/c1-10(11-4-6-12(20-2)7-5-11)18-14-9-16-13(8-17-14)15(19)21-3/h4-10H,1-3H3,(H,17,18). The number of anilines is 1. The summed E-state index contributed by atoms with van der Waals surface area (Å²) in [6.45, 7) is 2.01. The zero-order valence-electron chi connectivity index (χ0n) is 12.2. The molecule has 0 saturated heterocycles. The van der Waals surface area contributed by atoms with Crippen LogP contribution >= 0.6 is 0 Å². The molecule has 0 amide bonds. The highest BCUT2D eigenvalue weighted by Crippen LogP contribution is 2.20. The number of hydrogen-bond acceptors (Lipinski definition) is 6. The van der Waals surface area contributed by atoms with E-state index >= 15 is 0 Å². The summed E-state index contributed by atoms with van der Waals surface area (Å²) >= 11 is 0. The molecule has 0 aliphatic heterocycles. The molecule has 0 aliphatic rings. The van der Waals surface area contributed by atoms with E-state index < -0.39 is 5.97 Å². The molecular formula is C15H17N3O3. The number of hydrogen-bond donors (Lipinski definition) is 1. The van der Waals surface area contributed by atoms with Gasteiger partial charge in [0.05, 0.1) is 26.6 Å². The summed E-state index contributed by atoms with van der Waals surface area (Å²) in [5, 5.41) is 3.21. The molecule has 0 aliphatic carbocycles. The maximum atomic E-state index is 11.3. The van der Waals surface area contributed by atoms with E-state index in [2.05, 4.69) is 20.0 Å². The highest BCUT2D eigenvalue weighted by Gasteiger charge is 2.09. The van der Waals surface area contributed by atoms with Gasteiger partial charge in [0.25, 0.3) is 0 Å². The van der Waals surface area contributed by atoms with Crippen molar-refractivity contribution in [2.24, 2.45) is 0 Å². The molecule has 2 aromatic rings. The smallest absolute Gasteiger partial charge is 0.358 e. The average Bonchev–Trinajstić information content (AvgIpc) is 2.55. The van der Waals surface area contributed by atoms with Crippen molar-refractivity contribution in [1.29, 1.82) is 0 Å². The van der Waals surface area contributed by atoms with Gasteiger partial charge in [0.15, 0.2) is 5.69 Å². The van der Waals surface area contributed by atoms with Crippen molar-refractivity contribution in [2.75, 3.05) is 19.5 Å². The number of nitrogens with zero attached hydrogens (tertiary/aromatic N) is 2. The lowest BCUT2D eigenvalue weighted by Gasteiger charge is -2.15. The number of aromatic nitrogens is 2. The number of rotatable bonds is 5. The van der Waals surface area contributed by atoms with Gasteiger partial charge < -0.3 is 14.8 Å². The molecule has 0 radical (unpaired) electrons. The van der Waals surface area contributed by atoms with E-state index in [1.165, 1.54) is 19.5 Å². The Hall–Kier alpha value is -2.63. The fourth-order valence-corrected chi connectivity index (χ4v) is 1.81. The maximum Gasteiger partial charge on any atom is 0.358 e. The summed E-state index contributed by atoms with van der Waals surface area (Å²) in [7, 11) is 2.94. The topological polar surface area (TPSA) is 73.3 Å². The maximum absolute atomic E-state index is 11.3. The zero-order valence-corrected chi connectivity index (χ0v) is 12.2. The SMILES string of the molecule is COC(=O)c1cnc(NC(C)c2ccc(OC)cc2)cn1. The Morgan fingerprint density at radius 2 is 1.86 bits per heavy atom. The molecule has 0 spiro atoms. The van der Waals surface area contributed by atoms with Crippen molar-refractivity contribution in [3.8, 4) is 5.75 Å². The van der Waals surface area contributed by atoms with E-state index in [0.717, 1.165) is 11.3 Å². The second-order valence-corrected chi connectivity index (χ2v) is 4.42. The highest BCUT2D eigenvalue weighted by atomic mass is 16.5. The minimum atomic E-state index is -0.503. The fourth-order valence-electron chi connectivity index (χ4n) is 1.81. The van der Waals surface area contributed by atoms with Gasteiger partial charge in [-0.25, -0.2) is 14.8 Å². The fraction of sp³-hybridized carbons (Fsp3) is 0.267. The number of benzene rings is 1. The van der Waals surface area contributed by atoms with Crippen LogP contribution in [0.1, 0.15) is 29.0 Å². The quantitative estimate of drug-likeness (QED) is 0.851. The molecule has 1 N–H and O–H groups in total. The van der Waals surface area contributed by atoms with Gasteiger partial charge in [-0.05, 0) is 24.6 Å². The van der Waals surface area contributed by atoms with Gasteiger partial charge in [0.2, 0.25) is 0 Å². The predicted octanol–water partition coefficient (Wildman–Crippen LogP) is 2.44. The third-order valence-electron chi connectivity index (χ3n) is 3.03. The lowest BCUT2D eigenvalue weighted by molar-refractivity contribution is 0.0593. The molecule has 1 aromatic carbocycles. The molecule has 6 nitrogen and oxygen atoms in total. The zero-order chi connectivity index (χ0) is 15.2. The predicted molar refractivity (Wildman–Crippen MR) is 78.4 cm³/mol. The highest BCUT2D eigenvalue weighted by molar-refractivity contribution is 5.86. The number of carbonyl (C=O) groups excluding carboxylic acids is 1. The molecule has 0 bridgehead atoms. The Labute approximate surface area is 123 Å². The summed E-state index contributed by atoms with van der Waals surface area (Å²) in [5.74, 6) is 0.899. The van der Waals surface area contributed by atoms with E-state index in [9.17, 15) is 4.79 Å². The summed E-state index contributed by atoms with van der Waals surface area (Å²) in [5.41, 5.74) is 1.27. The van der Waals surface area contributed by atoms with Gasteiger partial charge in [-0.15, -0.1) is 0 Å². The second-order valence-electron chi connectivity index (χ2n) is 4.42. The molecule has 1 atom stereocenters. The third-order valence-corrected chi connectivity index (χ3v) is 3.03. The normalized spacial score (nSPS) is 11.6. The summed E-state index contributed by atoms with van der Waals surface area (Å²) < 4.78 is 9.70. The molecule has 1 heterocycles. The first kappa shape index (κ1) is 14.8. The van der Waals surface area contributed by atoms with E-state index in [-0.39, 0.29) is 11.7 Å². The van der Waals surface area contributed by atoms with Gasteiger partial charge in [-0.2, -0.15) is 0 Å². The van der Waals surface area contributed by atoms with Gasteiger partial charge in [0.1, 0.15) is 11.6 Å². The average molecular weight is 287 g/mol. The van der Waals surface area contributed by atoms with Crippen molar-refractivity contribution >= 4 is 11.8 Å². The van der Waals surface area contributed by atoms with Crippen LogP contribution in [0.4, 0.5) is 5.82 Å². The molecule has 0 fully saturated rings. The van der Waals surface area contributed by atoms with Crippen LogP contribution in [0.15, 0.2) is 36.7 Å². The van der Waals surface area contributed by atoms with Crippen LogP contribution < -0.4 is 10.1 Å². The number of ether oxygens (including phenoxy) is 2. The van der Waals surface area contributed by atoms with Crippen molar-refractivity contribution in [2.45, 2.75) is 13.0 Å². The minimum Gasteiger partial charge on any atom is -0.497 e. The van der Waals surface area contributed by atoms with Gasteiger partial charge in [-0.3, -0.25) is 0 Å². The minimum absolute atomic E-state index is 0.0502. The Balaban J connectivity index is 2.04. The molecule has 6 heteroatoms. The van der Waals surface area contributed by atoms with E-state index in [1.807, 2.05) is 31.2 Å². The molecule has 1 aromatic heterocycles. The molecule has 1 unspecified atom stereocenters. The first-order valence-electron chi connectivity index (χ1n) is 6.45. The lowest BCUT2D eigenvalue weighted by atomic mass is 10.1. The van der Waals surface area contributed by atoms with Crippen molar-refractivity contribution < 1.29 is 14.3 Å². The first-order chi connectivity index (χ1) is 10.1. The van der Waals surface area contributed by atoms with Crippen LogP contribution in [-0.2, 0) is 4.74 Å². The number of nitrogens with one attached hydrogen (secondary N) is 1.